The van der Waals surface area contributed by atoms with Gasteiger partial charge < -0.3 is 10.3 Å². The van der Waals surface area contributed by atoms with Crippen molar-refractivity contribution in [2.45, 2.75) is 5.51 Å². The molecule has 0 aromatic heterocycles. The quantitative estimate of drug-likeness (QED) is 0.249. The smallest absolute Gasteiger partial charge is 1.00 e. The van der Waals surface area contributed by atoms with Gasteiger partial charge in [0.1, 0.15) is 5.75 Å². The van der Waals surface area contributed by atoms with Gasteiger partial charge in [0.05, 0.1) is 0 Å². The fourth-order valence-corrected chi connectivity index (χ4v) is 1.19. The predicted molar refractivity (Wildman–Crippen MR) is 54.6 cm³/mol. The molecule has 1 aromatic rings. The van der Waals surface area contributed by atoms with Crippen LogP contribution in [0.1, 0.15) is 1.43 Å². The van der Waals surface area contributed by atoms with Crippen LogP contribution in [0.5, 0.6) is 5.75 Å². The zero-order chi connectivity index (χ0) is 14.0. The first-order chi connectivity index (χ1) is 8.12. The van der Waals surface area contributed by atoms with Crippen LogP contribution in [-0.2, 0) is 14.3 Å². The van der Waals surface area contributed by atoms with E-state index in [1.165, 1.54) is 12.1 Å². The molecule has 0 unspecified atom stereocenters. The van der Waals surface area contributed by atoms with Gasteiger partial charge in [0.25, 0.3) is 0 Å². The summed E-state index contributed by atoms with van der Waals surface area (Å²) >= 11 is 5.50. The SMILES string of the molecule is O=C(Oc1ccc(Cl)cc1)OS(=O)(=O)C(F)(F)F.[H-].[Li+]. The Morgan fingerprint density at radius 2 is 1.68 bits per heavy atom. The molecule has 19 heavy (non-hydrogen) atoms. The van der Waals surface area contributed by atoms with Gasteiger partial charge in [-0.3, -0.25) is 0 Å². The maximum absolute atomic E-state index is 11.8. The maximum atomic E-state index is 11.8. The summed E-state index contributed by atoms with van der Waals surface area (Å²) in [6.45, 7) is 0. The van der Waals surface area contributed by atoms with Crippen LogP contribution in [0.2, 0.25) is 5.02 Å². The van der Waals surface area contributed by atoms with Crippen molar-refractivity contribution in [2.24, 2.45) is 0 Å². The van der Waals surface area contributed by atoms with E-state index in [0.717, 1.165) is 12.1 Å². The molecular weight excluding hydrogens is 308 g/mol. The number of ether oxygens (including phenoxy) is 1. The molecule has 0 N–H and O–H groups in total. The van der Waals surface area contributed by atoms with Crippen molar-refractivity contribution in [1.82, 2.24) is 0 Å². The van der Waals surface area contributed by atoms with Crippen LogP contribution >= 0.6 is 11.6 Å². The Labute approximate surface area is 124 Å². The Morgan fingerprint density at radius 1 is 1.21 bits per heavy atom. The predicted octanol–water partition coefficient (Wildman–Crippen LogP) is -0.179. The summed E-state index contributed by atoms with van der Waals surface area (Å²) < 4.78 is 63.8. The number of alkyl halides is 3. The van der Waals surface area contributed by atoms with Crippen molar-refractivity contribution in [2.75, 3.05) is 0 Å². The molecule has 0 amide bonds. The number of rotatable bonds is 2. The van der Waals surface area contributed by atoms with E-state index < -0.39 is 21.8 Å². The van der Waals surface area contributed by atoms with E-state index in [4.69, 9.17) is 11.6 Å². The summed E-state index contributed by atoms with van der Waals surface area (Å²) in [4.78, 5) is 10.8. The zero-order valence-electron chi connectivity index (χ0n) is 10.3. The van der Waals surface area contributed by atoms with E-state index in [0.29, 0.717) is 5.02 Å². The third-order valence-electron chi connectivity index (χ3n) is 1.48. The summed E-state index contributed by atoms with van der Waals surface area (Å²) in [6.07, 6.45) is -2.02. The van der Waals surface area contributed by atoms with Crippen molar-refractivity contribution in [3.8, 4) is 5.75 Å². The second kappa shape index (κ2) is 6.52. The van der Waals surface area contributed by atoms with Crippen molar-refractivity contribution in [3.05, 3.63) is 29.3 Å². The zero-order valence-corrected chi connectivity index (χ0v) is 10.8. The van der Waals surface area contributed by atoms with Gasteiger partial charge in [-0.15, -0.1) is 0 Å². The summed E-state index contributed by atoms with van der Waals surface area (Å²) in [5, 5.41) is 0.290. The van der Waals surface area contributed by atoms with E-state index >= 15 is 0 Å². The Morgan fingerprint density at radius 3 is 2.11 bits per heavy atom. The number of carbonyl (C=O) groups is 1. The van der Waals surface area contributed by atoms with Crippen LogP contribution in [0, 0.1) is 0 Å². The molecule has 0 aliphatic carbocycles. The normalized spacial score (nSPS) is 11.4. The molecule has 0 atom stereocenters. The van der Waals surface area contributed by atoms with Crippen LogP contribution < -0.4 is 23.6 Å². The van der Waals surface area contributed by atoms with E-state index in [9.17, 15) is 26.4 Å². The van der Waals surface area contributed by atoms with Crippen LogP contribution in [0.3, 0.4) is 0 Å². The second-order valence-electron chi connectivity index (χ2n) is 2.79. The molecule has 0 aliphatic rings. The molecule has 0 spiro atoms. The standard InChI is InChI=1S/C8H4ClF3O5S.Li.H/c9-5-1-3-6(4-2-5)16-7(13)17-18(14,15)8(10,11)12;;/h1-4H;;/q;+1;-1. The summed E-state index contributed by atoms with van der Waals surface area (Å²) in [6, 6.07) is 4.85. The summed E-state index contributed by atoms with van der Waals surface area (Å²) in [5.41, 5.74) is -5.70. The van der Waals surface area contributed by atoms with Gasteiger partial charge in [-0.2, -0.15) is 21.6 Å². The second-order valence-corrected chi connectivity index (χ2v) is 4.76. The van der Waals surface area contributed by atoms with Crippen molar-refractivity contribution < 1.29 is 55.6 Å². The van der Waals surface area contributed by atoms with Gasteiger partial charge in [0.15, 0.2) is 0 Å². The number of carbonyl (C=O) groups excluding carboxylic acids is 1. The Balaban J connectivity index is 0. The van der Waals surface area contributed by atoms with Gasteiger partial charge in [-0.05, 0) is 24.3 Å². The van der Waals surface area contributed by atoms with Crippen LogP contribution in [0.25, 0.3) is 0 Å². The molecule has 0 heterocycles. The molecule has 0 aliphatic heterocycles. The fraction of sp³-hybridized carbons (Fsp3) is 0.125. The molecule has 1 rings (SSSR count). The Hall–Kier alpha value is -0.883. The third-order valence-corrected chi connectivity index (χ3v) is 2.65. The number of hydrogen-bond donors (Lipinski definition) is 0. The van der Waals surface area contributed by atoms with Crippen molar-refractivity contribution >= 4 is 27.9 Å². The van der Waals surface area contributed by atoms with E-state index in [2.05, 4.69) is 8.92 Å². The topological polar surface area (TPSA) is 69.7 Å². The average molecular weight is 313 g/mol. The molecule has 102 valence electrons. The Kier molecular flexibility index (Phi) is 6.22. The molecule has 5 nitrogen and oxygen atoms in total. The molecule has 0 radical (unpaired) electrons. The van der Waals surface area contributed by atoms with Crippen LogP contribution in [0.4, 0.5) is 18.0 Å². The number of hydrogen-bond acceptors (Lipinski definition) is 5. The van der Waals surface area contributed by atoms with Crippen molar-refractivity contribution in [3.63, 3.8) is 0 Å². The van der Waals surface area contributed by atoms with Crippen LogP contribution in [-0.4, -0.2) is 20.1 Å². The van der Waals surface area contributed by atoms with Gasteiger partial charge in [0.2, 0.25) is 0 Å². The fourth-order valence-electron chi connectivity index (χ4n) is 0.753. The van der Waals surface area contributed by atoms with E-state index in [-0.39, 0.29) is 26.0 Å². The molecular formula is C8H5ClF3LiO5S. The van der Waals surface area contributed by atoms with E-state index in [1.807, 2.05) is 0 Å². The molecule has 0 fully saturated rings. The van der Waals surface area contributed by atoms with Gasteiger partial charge in [-0.1, -0.05) is 11.6 Å². The largest absolute Gasteiger partial charge is 1.00 e. The summed E-state index contributed by atoms with van der Waals surface area (Å²) in [5.74, 6) is -0.221. The van der Waals surface area contributed by atoms with E-state index in [1.54, 1.807) is 0 Å². The first-order valence-corrected chi connectivity index (χ1v) is 5.88. The van der Waals surface area contributed by atoms with Gasteiger partial charge >= 0.3 is 40.6 Å². The molecule has 0 saturated heterocycles. The van der Waals surface area contributed by atoms with Crippen LogP contribution in [0.15, 0.2) is 24.3 Å². The Bertz CT molecular complexity index is 548. The number of benzene rings is 1. The molecule has 11 heteroatoms. The maximum Gasteiger partial charge on any atom is 1.00 e. The van der Waals surface area contributed by atoms with Crippen molar-refractivity contribution in [1.29, 1.82) is 0 Å². The third kappa shape index (κ3) is 5.32. The minimum Gasteiger partial charge on any atom is -1.00 e. The molecule has 0 saturated carbocycles. The molecule has 1 aromatic carbocycles. The van der Waals surface area contributed by atoms with Gasteiger partial charge in [0, 0.05) is 5.02 Å². The number of halogens is 4. The first kappa shape index (κ1) is 18.1. The minimum atomic E-state index is -6.03. The first-order valence-electron chi connectivity index (χ1n) is 4.10. The average Bonchev–Trinajstić information content (AvgIpc) is 2.19. The summed E-state index contributed by atoms with van der Waals surface area (Å²) in [7, 11) is -6.03. The molecule has 0 bridgehead atoms. The minimum absolute atomic E-state index is 0. The van der Waals surface area contributed by atoms with Gasteiger partial charge in [-0.25, -0.2) is 4.79 Å². The monoisotopic (exact) mass is 312 g/mol.